The molecule has 1 rings (SSSR count). The normalized spacial score (nSPS) is 26.5. The second-order valence-electron chi connectivity index (χ2n) is 16.4. The molecule has 1 heterocycles. The Balaban J connectivity index is 5.04. The van der Waals surface area contributed by atoms with E-state index >= 15 is 0 Å². The fraction of sp³-hybridized carbons (Fsp3) is 1.00. The van der Waals surface area contributed by atoms with E-state index in [1.807, 2.05) is 0 Å². The van der Waals surface area contributed by atoms with Crippen LogP contribution in [0.1, 0.15) is 138 Å². The Hall–Kier alpha value is 1.88. The third kappa shape index (κ3) is 3.84. The molecule has 1 aliphatic heterocycles. The highest BCUT2D eigenvalue weighted by Crippen LogP contribution is 2.79. The van der Waals surface area contributed by atoms with E-state index in [4.69, 9.17) is 22.2 Å². The van der Waals surface area contributed by atoms with Gasteiger partial charge in [-0.1, -0.05) is 177 Å². The van der Waals surface area contributed by atoms with Gasteiger partial charge in [-0.25, -0.2) is 0 Å². The summed E-state index contributed by atoms with van der Waals surface area (Å²) in [4.78, 5) is 0. The highest BCUT2D eigenvalue weighted by molar-refractivity contribution is 8.32. The molecule has 1 fully saturated rings. The number of halogens is 2. The van der Waals surface area contributed by atoms with Crippen LogP contribution in [0.3, 0.4) is 0 Å². The molecule has 1 saturated heterocycles. The van der Waals surface area contributed by atoms with Crippen LogP contribution in [0.15, 0.2) is 0 Å². The molecule has 0 nitrogen and oxygen atoms in total. The molecule has 0 aliphatic carbocycles. The first-order chi connectivity index (χ1) is 16.9. The standard InChI is InChI=1S/C30H70Cl2Si6/c1-21(2)33(31,22(3)4)34(23(5)6,24(7)8)38(30(19)20)36(27(13)14,28(15)16)35(25(9)10,26(11)12)37(38,32)29(17)18/h21-30H,1-20H3/t37-,38+/m0/s1. The van der Waals surface area contributed by atoms with Gasteiger partial charge in [-0.05, 0) is 16.6 Å². The lowest BCUT2D eigenvalue weighted by Crippen LogP contribution is -3.16. The second-order valence-corrected chi connectivity index (χ2v) is 84.0. The van der Waals surface area contributed by atoms with Gasteiger partial charge in [0, 0.05) is 7.11 Å². The Morgan fingerprint density at radius 3 is 0.842 bits per heavy atom. The van der Waals surface area contributed by atoms with Crippen molar-refractivity contribution >= 4 is 63.4 Å². The van der Waals surface area contributed by atoms with Crippen molar-refractivity contribution in [3.05, 3.63) is 0 Å². The summed E-state index contributed by atoms with van der Waals surface area (Å²) in [5, 5.41) is 0. The molecular formula is C30H70Cl2Si6. The number of rotatable bonds is 12. The van der Waals surface area contributed by atoms with Crippen LogP contribution in [-0.2, 0) is 0 Å². The van der Waals surface area contributed by atoms with Crippen molar-refractivity contribution in [1.29, 1.82) is 0 Å². The molecule has 8 heteroatoms. The maximum absolute atomic E-state index is 9.13. The first kappa shape index (κ1) is 37.9. The van der Waals surface area contributed by atoms with E-state index in [0.29, 0.717) is 27.7 Å². The van der Waals surface area contributed by atoms with Crippen LogP contribution in [0, 0.1) is 0 Å². The fourth-order valence-electron chi connectivity index (χ4n) is 13.5. The van der Waals surface area contributed by atoms with Gasteiger partial charge in [0.05, 0.1) is 20.8 Å². The number of hydrogen-bond donors (Lipinski definition) is 0. The second kappa shape index (κ2) is 12.1. The molecule has 0 aromatic heterocycles. The van der Waals surface area contributed by atoms with Crippen LogP contribution in [0.4, 0.5) is 0 Å². The van der Waals surface area contributed by atoms with Gasteiger partial charge in [-0.3, -0.25) is 0 Å². The van der Waals surface area contributed by atoms with Crippen LogP contribution in [0.25, 0.3) is 0 Å². The Labute approximate surface area is 255 Å². The summed E-state index contributed by atoms with van der Waals surface area (Å²) in [6, 6.07) is 0. The predicted molar refractivity (Wildman–Crippen MR) is 197 cm³/mol. The largest absolute Gasteiger partial charge is 0.175 e. The van der Waals surface area contributed by atoms with Gasteiger partial charge in [0.25, 0.3) is 0 Å². The van der Waals surface area contributed by atoms with Gasteiger partial charge in [0.2, 0.25) is 0 Å². The van der Waals surface area contributed by atoms with E-state index in [-0.39, 0.29) is 0 Å². The summed E-state index contributed by atoms with van der Waals surface area (Å²) >= 11 is 17.8. The topological polar surface area (TPSA) is 0 Å². The maximum Gasteiger partial charge on any atom is 0.149 e. The van der Waals surface area contributed by atoms with E-state index in [1.54, 1.807) is 0 Å². The van der Waals surface area contributed by atoms with Crippen LogP contribution < -0.4 is 0 Å². The fourth-order valence-corrected chi connectivity index (χ4v) is 330. The molecule has 0 N–H and O–H groups in total. The van der Waals surface area contributed by atoms with Gasteiger partial charge in [-0.15, -0.1) is 0 Å². The molecular weight excluding hydrogens is 600 g/mol. The highest BCUT2D eigenvalue weighted by Gasteiger charge is 2.98. The van der Waals surface area contributed by atoms with Crippen molar-refractivity contribution in [2.75, 3.05) is 0 Å². The number of hydrogen-bond acceptors (Lipinski definition) is 0. The predicted octanol–water partition coefficient (Wildman–Crippen LogP) is 12.7. The van der Waals surface area contributed by atoms with Gasteiger partial charge < -0.3 is 0 Å². The molecule has 0 spiro atoms. The molecule has 0 amide bonds. The lowest BCUT2D eigenvalue weighted by Gasteiger charge is -2.90. The Bertz CT molecular complexity index is 773. The minimum absolute atomic E-state index is 0.603. The summed E-state index contributed by atoms with van der Waals surface area (Å²) < 4.78 is 0. The minimum Gasteiger partial charge on any atom is -0.175 e. The summed E-state index contributed by atoms with van der Waals surface area (Å²) in [6.07, 6.45) is -2.22. The Kier molecular flexibility index (Phi) is 12.1. The average molecular weight is 670 g/mol. The van der Waals surface area contributed by atoms with Gasteiger partial charge in [0.15, 0.2) is 0 Å². The van der Waals surface area contributed by atoms with Gasteiger partial charge in [0.1, 0.15) is 13.3 Å². The first-order valence-corrected chi connectivity index (χ1v) is 37.1. The molecule has 0 bridgehead atoms. The van der Waals surface area contributed by atoms with E-state index in [9.17, 15) is 0 Å². The third-order valence-corrected chi connectivity index (χ3v) is 181. The molecule has 0 saturated carbocycles. The van der Waals surface area contributed by atoms with Crippen LogP contribution in [0.2, 0.25) is 55.4 Å². The van der Waals surface area contributed by atoms with Crippen molar-refractivity contribution in [3.8, 4) is 0 Å². The monoisotopic (exact) mass is 668 g/mol. The molecule has 0 aromatic rings. The summed E-state index contributed by atoms with van der Waals surface area (Å²) in [6.45, 7) is 48.8. The van der Waals surface area contributed by atoms with E-state index < -0.39 is 41.3 Å². The Morgan fingerprint density at radius 1 is 0.395 bits per heavy atom. The molecule has 2 atom stereocenters. The summed E-state index contributed by atoms with van der Waals surface area (Å²) in [7, 11) is -5.88. The van der Waals surface area contributed by atoms with Crippen molar-refractivity contribution in [2.45, 2.75) is 194 Å². The smallest absolute Gasteiger partial charge is 0.149 e. The molecule has 0 aromatic carbocycles. The minimum atomic E-state index is -2.25. The van der Waals surface area contributed by atoms with E-state index in [2.05, 4.69) is 138 Å². The maximum atomic E-state index is 9.13. The van der Waals surface area contributed by atoms with Gasteiger partial charge in [-0.2, -0.15) is 22.2 Å². The van der Waals surface area contributed by atoms with Crippen LogP contribution in [-0.4, -0.2) is 41.3 Å². The first-order valence-electron chi connectivity index (χ1n) is 16.3. The quantitative estimate of drug-likeness (QED) is 0.143. The average Bonchev–Trinajstić information content (AvgIpc) is 2.71. The van der Waals surface area contributed by atoms with E-state index in [0.717, 1.165) is 27.7 Å². The zero-order chi connectivity index (χ0) is 30.8. The molecule has 0 unspecified atom stereocenters. The molecule has 0 radical (unpaired) electrons. The Morgan fingerprint density at radius 2 is 0.684 bits per heavy atom. The molecule has 1 aliphatic rings. The third-order valence-electron chi connectivity index (χ3n) is 12.6. The van der Waals surface area contributed by atoms with Crippen LogP contribution in [0.5, 0.6) is 0 Å². The zero-order valence-corrected chi connectivity index (χ0v) is 37.0. The van der Waals surface area contributed by atoms with Crippen LogP contribution >= 0.6 is 22.2 Å². The molecule has 38 heavy (non-hydrogen) atoms. The summed E-state index contributed by atoms with van der Waals surface area (Å²) in [5.74, 6) is 0. The van der Waals surface area contributed by atoms with Crippen molar-refractivity contribution in [1.82, 2.24) is 0 Å². The van der Waals surface area contributed by atoms with E-state index in [1.165, 1.54) is 0 Å². The SMILES string of the molecule is CC(C)[Si](Cl)(C(C)C)[Si](C(C)C)(C(C)C)[Si@]1(C(C)C)[Si](C(C)C)(C(C)C)[Si](C(C)C)(C(C)C)[Si@@]1(Cl)C(C)C. The highest BCUT2D eigenvalue weighted by atomic mass is 35.6. The lowest BCUT2D eigenvalue weighted by molar-refractivity contribution is 0.862. The van der Waals surface area contributed by atoms with Gasteiger partial charge >= 0.3 is 0 Å². The summed E-state index contributed by atoms with van der Waals surface area (Å²) in [5.41, 5.74) is 7.22. The zero-order valence-electron chi connectivity index (χ0n) is 29.5. The van der Waals surface area contributed by atoms with Crippen molar-refractivity contribution in [2.24, 2.45) is 0 Å². The van der Waals surface area contributed by atoms with Crippen molar-refractivity contribution < 1.29 is 0 Å². The lowest BCUT2D eigenvalue weighted by atomic mass is 10.5. The molecule has 228 valence electrons. The van der Waals surface area contributed by atoms with Crippen molar-refractivity contribution in [3.63, 3.8) is 0 Å².